The maximum Gasteiger partial charge on any atom is 0.230 e. The van der Waals surface area contributed by atoms with Crippen LogP contribution in [0.25, 0.3) is 5.69 Å². The number of likely N-dealkylation sites (tertiary alicyclic amines) is 1. The van der Waals surface area contributed by atoms with Gasteiger partial charge in [0.1, 0.15) is 5.82 Å². The molecule has 0 spiro atoms. The molecule has 1 N–H and O–H groups in total. The summed E-state index contributed by atoms with van der Waals surface area (Å²) in [6.45, 7) is 4.68. The van der Waals surface area contributed by atoms with Crippen molar-refractivity contribution in [2.24, 2.45) is 0 Å². The zero-order chi connectivity index (χ0) is 22.3. The number of thioether (sulfide) groups is 1. The van der Waals surface area contributed by atoms with Gasteiger partial charge in [-0.25, -0.2) is 4.39 Å². The number of aromatic nitrogens is 3. The van der Waals surface area contributed by atoms with Crippen molar-refractivity contribution in [2.45, 2.75) is 43.9 Å². The molecule has 0 saturated carbocycles. The Labute approximate surface area is 192 Å². The Morgan fingerprint density at radius 2 is 1.78 bits per heavy atom. The van der Waals surface area contributed by atoms with Crippen LogP contribution in [-0.4, -0.2) is 44.4 Å². The van der Waals surface area contributed by atoms with Crippen LogP contribution in [0.4, 0.5) is 4.39 Å². The fraction of sp³-hybridized carbons (Fsp3) is 0.375. The topological polar surface area (TPSA) is 63.1 Å². The van der Waals surface area contributed by atoms with Gasteiger partial charge in [-0.3, -0.25) is 14.3 Å². The lowest BCUT2D eigenvalue weighted by Crippen LogP contribution is -2.33. The number of hydrogen-bond acceptors (Lipinski definition) is 5. The maximum atomic E-state index is 13.6. The fourth-order valence-electron chi connectivity index (χ4n) is 3.92. The number of halogens is 1. The first-order valence-electron chi connectivity index (χ1n) is 11.0. The molecule has 1 aromatic heterocycles. The average Bonchev–Trinajstić information content (AvgIpc) is 3.26. The molecule has 3 aromatic rings. The van der Waals surface area contributed by atoms with E-state index in [9.17, 15) is 9.18 Å². The van der Waals surface area contributed by atoms with Gasteiger partial charge in [0.05, 0.1) is 11.8 Å². The van der Waals surface area contributed by atoms with E-state index in [4.69, 9.17) is 0 Å². The summed E-state index contributed by atoms with van der Waals surface area (Å²) in [6, 6.07) is 16.2. The molecule has 0 radical (unpaired) electrons. The minimum Gasteiger partial charge on any atom is -0.351 e. The number of hydrogen-bond donors (Lipinski definition) is 1. The molecular formula is C24H28FN5OS. The fourth-order valence-corrected chi connectivity index (χ4v) is 4.71. The molecule has 2 aromatic carbocycles. The number of benzene rings is 2. The number of nitrogens with one attached hydrogen (secondary N) is 1. The first-order chi connectivity index (χ1) is 15.6. The van der Waals surface area contributed by atoms with E-state index in [0.717, 1.165) is 30.2 Å². The molecule has 1 atom stereocenters. The van der Waals surface area contributed by atoms with Gasteiger partial charge in [-0.2, -0.15) is 0 Å². The highest BCUT2D eigenvalue weighted by atomic mass is 32.2. The highest BCUT2D eigenvalue weighted by Gasteiger charge is 2.25. The summed E-state index contributed by atoms with van der Waals surface area (Å²) >= 11 is 1.34. The van der Waals surface area contributed by atoms with Crippen molar-refractivity contribution >= 4 is 17.7 Å². The lowest BCUT2D eigenvalue weighted by Gasteiger charge is -2.31. The standard InChI is InChI=1S/C24H28FN5OS/c1-18(29-14-6-3-7-15-29)23-27-28-24(30(23)21-12-10-20(25)11-13-21)32-17-22(31)26-16-19-8-4-2-5-9-19/h2,4-5,8-13,18H,3,6-7,14-17H2,1H3,(H,26,31)/t18-/m0/s1. The molecule has 1 fully saturated rings. The van der Waals surface area contributed by atoms with Gasteiger partial charge in [0.15, 0.2) is 11.0 Å². The summed E-state index contributed by atoms with van der Waals surface area (Å²) in [5, 5.41) is 12.5. The average molecular weight is 454 g/mol. The molecule has 0 bridgehead atoms. The van der Waals surface area contributed by atoms with Gasteiger partial charge in [0.25, 0.3) is 0 Å². The van der Waals surface area contributed by atoms with Crippen molar-refractivity contribution in [3.63, 3.8) is 0 Å². The minimum atomic E-state index is -0.290. The smallest absolute Gasteiger partial charge is 0.230 e. The SMILES string of the molecule is C[C@@H](c1nnc(SCC(=O)NCc2ccccc2)n1-c1ccc(F)cc1)N1CCCCC1. The second-order valence-corrected chi connectivity index (χ2v) is 8.92. The van der Waals surface area contributed by atoms with Crippen LogP contribution in [0, 0.1) is 5.82 Å². The summed E-state index contributed by atoms with van der Waals surface area (Å²) in [5.41, 5.74) is 1.85. The zero-order valence-electron chi connectivity index (χ0n) is 18.2. The van der Waals surface area contributed by atoms with Crippen molar-refractivity contribution in [3.8, 4) is 5.69 Å². The van der Waals surface area contributed by atoms with Crippen LogP contribution in [0.3, 0.4) is 0 Å². The van der Waals surface area contributed by atoms with E-state index in [1.807, 2.05) is 34.9 Å². The number of rotatable bonds is 8. The van der Waals surface area contributed by atoms with Crippen LogP contribution < -0.4 is 5.32 Å². The molecule has 2 heterocycles. The Morgan fingerprint density at radius 3 is 2.50 bits per heavy atom. The summed E-state index contributed by atoms with van der Waals surface area (Å²) in [7, 11) is 0. The van der Waals surface area contributed by atoms with Crippen molar-refractivity contribution in [1.29, 1.82) is 0 Å². The monoisotopic (exact) mass is 453 g/mol. The third kappa shape index (κ3) is 5.55. The summed E-state index contributed by atoms with van der Waals surface area (Å²) in [5.74, 6) is 0.676. The molecule has 6 nitrogen and oxygen atoms in total. The van der Waals surface area contributed by atoms with Crippen molar-refractivity contribution in [1.82, 2.24) is 25.0 Å². The largest absolute Gasteiger partial charge is 0.351 e. The summed E-state index contributed by atoms with van der Waals surface area (Å²) in [6.07, 6.45) is 3.61. The molecule has 0 unspecified atom stereocenters. The molecular weight excluding hydrogens is 425 g/mol. The van der Waals surface area contributed by atoms with Gasteiger partial charge >= 0.3 is 0 Å². The molecule has 4 rings (SSSR count). The Kier molecular flexibility index (Phi) is 7.55. The molecule has 32 heavy (non-hydrogen) atoms. The first kappa shape index (κ1) is 22.5. The normalized spacial score (nSPS) is 15.4. The second kappa shape index (κ2) is 10.7. The highest BCUT2D eigenvalue weighted by Crippen LogP contribution is 2.29. The van der Waals surface area contributed by atoms with Gasteiger partial charge in [-0.05, 0) is 62.7 Å². The van der Waals surface area contributed by atoms with E-state index in [1.165, 1.54) is 43.2 Å². The third-order valence-corrected chi connectivity index (χ3v) is 6.65. The van der Waals surface area contributed by atoms with Gasteiger partial charge in [-0.15, -0.1) is 10.2 Å². The molecule has 8 heteroatoms. The Hall–Kier alpha value is -2.71. The van der Waals surface area contributed by atoms with Crippen LogP contribution in [0.1, 0.15) is 43.6 Å². The first-order valence-corrected chi connectivity index (χ1v) is 12.0. The molecule has 0 aliphatic carbocycles. The van der Waals surface area contributed by atoms with Gasteiger partial charge in [0.2, 0.25) is 5.91 Å². The third-order valence-electron chi connectivity index (χ3n) is 5.72. The second-order valence-electron chi connectivity index (χ2n) is 7.98. The van der Waals surface area contributed by atoms with Crippen LogP contribution >= 0.6 is 11.8 Å². The highest BCUT2D eigenvalue weighted by molar-refractivity contribution is 7.99. The predicted octanol–water partition coefficient (Wildman–Crippen LogP) is 4.36. The minimum absolute atomic E-state index is 0.0712. The van der Waals surface area contributed by atoms with E-state index in [2.05, 4.69) is 27.3 Å². The van der Waals surface area contributed by atoms with E-state index in [0.29, 0.717) is 11.7 Å². The lowest BCUT2D eigenvalue weighted by atomic mass is 10.1. The van der Waals surface area contributed by atoms with E-state index >= 15 is 0 Å². The zero-order valence-corrected chi connectivity index (χ0v) is 19.0. The predicted molar refractivity (Wildman–Crippen MR) is 124 cm³/mol. The number of piperidine rings is 1. The van der Waals surface area contributed by atoms with Gasteiger partial charge in [0, 0.05) is 12.2 Å². The molecule has 1 saturated heterocycles. The Morgan fingerprint density at radius 1 is 1.06 bits per heavy atom. The van der Waals surface area contributed by atoms with Crippen molar-refractivity contribution < 1.29 is 9.18 Å². The van der Waals surface area contributed by atoms with Crippen LogP contribution in [0.2, 0.25) is 0 Å². The summed E-state index contributed by atoms with van der Waals surface area (Å²) < 4.78 is 15.5. The van der Waals surface area contributed by atoms with Crippen molar-refractivity contribution in [2.75, 3.05) is 18.8 Å². The lowest BCUT2D eigenvalue weighted by molar-refractivity contribution is -0.118. The maximum absolute atomic E-state index is 13.6. The Balaban J connectivity index is 1.50. The quantitative estimate of drug-likeness (QED) is 0.514. The van der Waals surface area contributed by atoms with E-state index in [1.54, 1.807) is 12.1 Å². The van der Waals surface area contributed by atoms with Crippen molar-refractivity contribution in [3.05, 3.63) is 71.8 Å². The summed E-state index contributed by atoms with van der Waals surface area (Å²) in [4.78, 5) is 14.8. The van der Waals surface area contributed by atoms with Gasteiger partial charge in [-0.1, -0.05) is 48.5 Å². The van der Waals surface area contributed by atoms with Crippen LogP contribution in [0.15, 0.2) is 59.8 Å². The van der Waals surface area contributed by atoms with E-state index in [-0.39, 0.29) is 23.5 Å². The van der Waals surface area contributed by atoms with Crippen LogP contribution in [0.5, 0.6) is 0 Å². The van der Waals surface area contributed by atoms with E-state index < -0.39 is 0 Å². The molecule has 1 amide bonds. The van der Waals surface area contributed by atoms with Gasteiger partial charge < -0.3 is 5.32 Å². The number of carbonyl (C=O) groups is 1. The molecule has 1 aliphatic heterocycles. The van der Waals surface area contributed by atoms with Crippen LogP contribution in [-0.2, 0) is 11.3 Å². The molecule has 1 aliphatic rings. The number of nitrogens with zero attached hydrogens (tertiary/aromatic N) is 4. The molecule has 168 valence electrons. The number of amides is 1. The number of carbonyl (C=O) groups excluding carboxylic acids is 1. The Bertz CT molecular complexity index is 1020.